The summed E-state index contributed by atoms with van der Waals surface area (Å²) in [6, 6.07) is 3.11. The van der Waals surface area contributed by atoms with Crippen LogP contribution in [-0.4, -0.2) is 35.3 Å². The van der Waals surface area contributed by atoms with Gasteiger partial charge in [0, 0.05) is 18.5 Å². The molecule has 1 atom stereocenters. The van der Waals surface area contributed by atoms with Gasteiger partial charge >= 0.3 is 0 Å². The SMILES string of the molecule is CCOc1cc2c(cc1C)CN(C1CCC(=O)NC1=O)C2=O. The number of amides is 3. The smallest absolute Gasteiger partial charge is 0.255 e. The Labute approximate surface area is 128 Å². The van der Waals surface area contributed by atoms with Gasteiger partial charge in [-0.25, -0.2) is 0 Å². The fourth-order valence-electron chi connectivity index (χ4n) is 3.03. The number of hydrogen-bond acceptors (Lipinski definition) is 4. The zero-order chi connectivity index (χ0) is 15.9. The van der Waals surface area contributed by atoms with Gasteiger partial charge in [0.15, 0.2) is 0 Å². The fraction of sp³-hybridized carbons (Fsp3) is 0.438. The summed E-state index contributed by atoms with van der Waals surface area (Å²) in [5, 5.41) is 2.30. The summed E-state index contributed by atoms with van der Waals surface area (Å²) in [5.74, 6) is -0.149. The monoisotopic (exact) mass is 302 g/mol. The van der Waals surface area contributed by atoms with E-state index in [1.807, 2.05) is 19.9 Å². The molecule has 2 aliphatic rings. The van der Waals surface area contributed by atoms with Crippen LogP contribution in [0.3, 0.4) is 0 Å². The van der Waals surface area contributed by atoms with Crippen LogP contribution < -0.4 is 10.1 Å². The van der Waals surface area contributed by atoms with Crippen LogP contribution in [0.1, 0.15) is 41.3 Å². The lowest BCUT2D eigenvalue weighted by Gasteiger charge is -2.29. The Morgan fingerprint density at radius 3 is 2.77 bits per heavy atom. The highest BCUT2D eigenvalue weighted by molar-refractivity contribution is 6.05. The third-order valence-electron chi connectivity index (χ3n) is 4.12. The molecule has 1 aromatic carbocycles. The highest BCUT2D eigenvalue weighted by Gasteiger charge is 2.39. The van der Waals surface area contributed by atoms with Crippen molar-refractivity contribution in [2.75, 3.05) is 6.61 Å². The molecule has 0 spiro atoms. The summed E-state index contributed by atoms with van der Waals surface area (Å²) in [5.41, 5.74) is 2.45. The zero-order valence-corrected chi connectivity index (χ0v) is 12.6. The van der Waals surface area contributed by atoms with Gasteiger partial charge in [-0.3, -0.25) is 19.7 Å². The molecule has 2 heterocycles. The second-order valence-corrected chi connectivity index (χ2v) is 5.61. The lowest BCUT2D eigenvalue weighted by Crippen LogP contribution is -2.52. The van der Waals surface area contributed by atoms with Crippen molar-refractivity contribution < 1.29 is 19.1 Å². The number of imide groups is 1. The fourth-order valence-corrected chi connectivity index (χ4v) is 3.03. The van der Waals surface area contributed by atoms with Crippen LogP contribution in [0.4, 0.5) is 0 Å². The standard InChI is InChI=1S/C16H18N2O4/c1-3-22-13-7-11-10(6-9(13)2)8-18(16(11)21)12-4-5-14(19)17-15(12)20/h6-7,12H,3-5,8H2,1-2H3,(H,17,19,20). The van der Waals surface area contributed by atoms with Crippen molar-refractivity contribution in [1.82, 2.24) is 10.2 Å². The maximum atomic E-state index is 12.6. The molecular weight excluding hydrogens is 284 g/mol. The molecule has 6 nitrogen and oxygen atoms in total. The second kappa shape index (κ2) is 5.44. The predicted octanol–water partition coefficient (Wildman–Crippen LogP) is 1.15. The number of fused-ring (bicyclic) bond motifs is 1. The Morgan fingerprint density at radius 1 is 1.32 bits per heavy atom. The van der Waals surface area contributed by atoms with Crippen LogP contribution >= 0.6 is 0 Å². The number of piperidine rings is 1. The summed E-state index contributed by atoms with van der Waals surface area (Å²) in [7, 11) is 0. The van der Waals surface area contributed by atoms with E-state index in [0.717, 1.165) is 11.1 Å². The Hall–Kier alpha value is -2.37. The van der Waals surface area contributed by atoms with Gasteiger partial charge in [-0.05, 0) is 43.5 Å². The molecular formula is C16H18N2O4. The maximum Gasteiger partial charge on any atom is 0.255 e. The molecule has 116 valence electrons. The lowest BCUT2D eigenvalue weighted by atomic mass is 10.0. The molecule has 1 saturated heterocycles. The Morgan fingerprint density at radius 2 is 2.09 bits per heavy atom. The largest absolute Gasteiger partial charge is 0.494 e. The topological polar surface area (TPSA) is 75.7 Å². The van der Waals surface area contributed by atoms with Crippen molar-refractivity contribution >= 4 is 17.7 Å². The van der Waals surface area contributed by atoms with E-state index in [2.05, 4.69) is 5.32 Å². The van der Waals surface area contributed by atoms with Gasteiger partial charge in [0.25, 0.3) is 5.91 Å². The van der Waals surface area contributed by atoms with Crippen LogP contribution in [0.25, 0.3) is 0 Å². The van der Waals surface area contributed by atoms with Gasteiger partial charge < -0.3 is 9.64 Å². The van der Waals surface area contributed by atoms with E-state index in [1.54, 1.807) is 11.0 Å². The highest BCUT2D eigenvalue weighted by atomic mass is 16.5. The molecule has 0 radical (unpaired) electrons. The third-order valence-corrected chi connectivity index (χ3v) is 4.12. The van der Waals surface area contributed by atoms with Crippen molar-refractivity contribution in [3.8, 4) is 5.75 Å². The van der Waals surface area contributed by atoms with Crippen molar-refractivity contribution in [3.05, 3.63) is 28.8 Å². The molecule has 1 fully saturated rings. The van der Waals surface area contributed by atoms with Gasteiger partial charge in [0.1, 0.15) is 11.8 Å². The normalized spacial score (nSPS) is 20.9. The van der Waals surface area contributed by atoms with Crippen molar-refractivity contribution in [1.29, 1.82) is 0 Å². The minimum absolute atomic E-state index is 0.176. The van der Waals surface area contributed by atoms with Gasteiger partial charge in [-0.2, -0.15) is 0 Å². The molecule has 3 rings (SSSR count). The Balaban J connectivity index is 1.88. The average Bonchev–Trinajstić information content (AvgIpc) is 2.76. The molecule has 0 bridgehead atoms. The first-order valence-corrected chi connectivity index (χ1v) is 7.42. The number of benzene rings is 1. The van der Waals surface area contributed by atoms with Gasteiger partial charge in [0.05, 0.1) is 6.61 Å². The average molecular weight is 302 g/mol. The summed E-state index contributed by atoms with van der Waals surface area (Å²) in [4.78, 5) is 37.4. The van der Waals surface area contributed by atoms with Crippen molar-refractivity contribution in [3.63, 3.8) is 0 Å². The number of carbonyl (C=O) groups is 3. The van der Waals surface area contributed by atoms with E-state index in [9.17, 15) is 14.4 Å². The first-order chi connectivity index (χ1) is 10.5. The van der Waals surface area contributed by atoms with E-state index in [-0.39, 0.29) is 24.1 Å². The number of carbonyl (C=O) groups excluding carboxylic acids is 3. The van der Waals surface area contributed by atoms with E-state index in [1.165, 1.54) is 0 Å². The predicted molar refractivity (Wildman–Crippen MR) is 78.4 cm³/mol. The number of nitrogens with one attached hydrogen (secondary N) is 1. The van der Waals surface area contributed by atoms with Crippen LogP contribution in [-0.2, 0) is 16.1 Å². The Bertz CT molecular complexity index is 668. The molecule has 1 aromatic rings. The number of nitrogens with zero attached hydrogens (tertiary/aromatic N) is 1. The van der Waals surface area contributed by atoms with E-state index >= 15 is 0 Å². The van der Waals surface area contributed by atoms with E-state index in [0.29, 0.717) is 30.9 Å². The van der Waals surface area contributed by atoms with Crippen LogP contribution in [0, 0.1) is 6.92 Å². The van der Waals surface area contributed by atoms with Crippen LogP contribution in [0.5, 0.6) is 5.75 Å². The molecule has 2 aliphatic heterocycles. The first-order valence-electron chi connectivity index (χ1n) is 7.42. The third kappa shape index (κ3) is 2.34. The molecule has 3 amide bonds. The quantitative estimate of drug-likeness (QED) is 0.850. The van der Waals surface area contributed by atoms with Crippen molar-refractivity contribution in [2.24, 2.45) is 0 Å². The van der Waals surface area contributed by atoms with Crippen LogP contribution in [0.2, 0.25) is 0 Å². The molecule has 6 heteroatoms. The summed E-state index contributed by atoms with van der Waals surface area (Å²) >= 11 is 0. The molecule has 0 saturated carbocycles. The second-order valence-electron chi connectivity index (χ2n) is 5.61. The zero-order valence-electron chi connectivity index (χ0n) is 12.6. The van der Waals surface area contributed by atoms with Gasteiger partial charge in [-0.1, -0.05) is 0 Å². The van der Waals surface area contributed by atoms with E-state index < -0.39 is 6.04 Å². The summed E-state index contributed by atoms with van der Waals surface area (Å²) < 4.78 is 5.53. The van der Waals surface area contributed by atoms with Gasteiger partial charge in [0.2, 0.25) is 11.8 Å². The minimum atomic E-state index is -0.576. The number of ether oxygens (including phenoxy) is 1. The van der Waals surface area contributed by atoms with Gasteiger partial charge in [-0.15, -0.1) is 0 Å². The molecule has 1 N–H and O–H groups in total. The van der Waals surface area contributed by atoms with Crippen LogP contribution in [0.15, 0.2) is 12.1 Å². The lowest BCUT2D eigenvalue weighted by molar-refractivity contribution is -0.136. The number of rotatable bonds is 3. The molecule has 1 unspecified atom stereocenters. The minimum Gasteiger partial charge on any atom is -0.494 e. The molecule has 0 aromatic heterocycles. The number of aryl methyl sites for hydroxylation is 1. The molecule has 22 heavy (non-hydrogen) atoms. The highest BCUT2D eigenvalue weighted by Crippen LogP contribution is 2.32. The summed E-state index contributed by atoms with van der Waals surface area (Å²) in [6.45, 7) is 4.76. The first kappa shape index (κ1) is 14.6. The maximum absolute atomic E-state index is 12.6. The molecule has 0 aliphatic carbocycles. The number of hydrogen-bond donors (Lipinski definition) is 1. The van der Waals surface area contributed by atoms with E-state index in [4.69, 9.17) is 4.74 Å². The Kier molecular flexibility index (Phi) is 3.60. The van der Waals surface area contributed by atoms with Crippen molar-refractivity contribution in [2.45, 2.75) is 39.3 Å². The summed E-state index contributed by atoms with van der Waals surface area (Å²) in [6.07, 6.45) is 0.640.